The minimum atomic E-state index is -0.231. The Morgan fingerprint density at radius 2 is 2.03 bits per heavy atom. The molecule has 0 unspecified atom stereocenters. The molecular weight excluding hydrogens is 440 g/mol. The number of ether oxygens (including phenoxy) is 1. The Hall–Kier alpha value is -2.25. The highest BCUT2D eigenvalue weighted by Crippen LogP contribution is 2.35. The maximum atomic E-state index is 13.1. The first-order valence-electron chi connectivity index (χ1n) is 12.2. The van der Waals surface area contributed by atoms with Gasteiger partial charge in [-0.05, 0) is 63.4 Å². The lowest BCUT2D eigenvalue weighted by Crippen LogP contribution is -2.30. The number of nitrogens with one attached hydrogen (secondary N) is 1. The van der Waals surface area contributed by atoms with Crippen molar-refractivity contribution >= 4 is 29.1 Å². The first-order chi connectivity index (χ1) is 16.1. The number of amides is 1. The highest BCUT2D eigenvalue weighted by Gasteiger charge is 2.32. The van der Waals surface area contributed by atoms with Crippen LogP contribution < -0.4 is 5.32 Å². The summed E-state index contributed by atoms with van der Waals surface area (Å²) in [7, 11) is 0. The lowest BCUT2D eigenvalue weighted by atomic mass is 9.78. The zero-order valence-corrected chi connectivity index (χ0v) is 19.6. The summed E-state index contributed by atoms with van der Waals surface area (Å²) in [4.78, 5) is 29.9. The molecule has 2 fully saturated rings. The third-order valence-electron chi connectivity index (χ3n) is 7.31. The molecular formula is C25H31ClN4O3. The molecule has 0 spiro atoms. The number of fused-ring (bicyclic) bond motifs is 1. The normalized spacial score (nSPS) is 24.9. The predicted octanol–water partition coefficient (Wildman–Crippen LogP) is 4.82. The van der Waals surface area contributed by atoms with Gasteiger partial charge in [-0.25, -0.2) is 4.98 Å². The van der Waals surface area contributed by atoms with E-state index >= 15 is 0 Å². The van der Waals surface area contributed by atoms with Gasteiger partial charge in [-0.2, -0.15) is 5.10 Å². The average molecular weight is 471 g/mol. The van der Waals surface area contributed by atoms with E-state index in [1.807, 2.05) is 16.9 Å². The highest BCUT2D eigenvalue weighted by molar-refractivity contribution is 6.33. The van der Waals surface area contributed by atoms with Crippen LogP contribution in [0.25, 0.3) is 11.1 Å². The molecule has 1 saturated heterocycles. The van der Waals surface area contributed by atoms with Crippen molar-refractivity contribution in [2.24, 2.45) is 11.8 Å². The second kappa shape index (κ2) is 9.94. The minimum Gasteiger partial charge on any atom is -0.370 e. The number of aryl methyl sites for hydroxylation is 1. The summed E-state index contributed by atoms with van der Waals surface area (Å²) in [6.07, 6.45) is 12.3. The Morgan fingerprint density at radius 1 is 1.12 bits per heavy atom. The lowest BCUT2D eigenvalue weighted by Gasteiger charge is -2.28. The predicted molar refractivity (Wildman–Crippen MR) is 126 cm³/mol. The molecule has 7 nitrogen and oxygen atoms in total. The van der Waals surface area contributed by atoms with Crippen LogP contribution in [0.5, 0.6) is 0 Å². The van der Waals surface area contributed by atoms with E-state index in [1.54, 1.807) is 6.20 Å². The van der Waals surface area contributed by atoms with Crippen molar-refractivity contribution in [1.29, 1.82) is 0 Å². The zero-order valence-electron chi connectivity index (χ0n) is 18.9. The molecule has 2 aliphatic heterocycles. The van der Waals surface area contributed by atoms with E-state index in [1.165, 1.54) is 5.69 Å². The van der Waals surface area contributed by atoms with Gasteiger partial charge in [-0.15, -0.1) is 0 Å². The summed E-state index contributed by atoms with van der Waals surface area (Å²) in [6.45, 7) is 1.62. The van der Waals surface area contributed by atoms with Gasteiger partial charge in [-0.3, -0.25) is 14.3 Å². The van der Waals surface area contributed by atoms with Crippen LogP contribution in [0.2, 0.25) is 5.02 Å². The Morgan fingerprint density at radius 3 is 2.88 bits per heavy atom. The number of hydrogen-bond acceptors (Lipinski definition) is 5. The maximum absolute atomic E-state index is 13.1. The molecule has 3 aliphatic rings. The van der Waals surface area contributed by atoms with E-state index in [0.29, 0.717) is 23.9 Å². The Bertz CT molecular complexity index is 1030. The molecule has 176 valence electrons. The monoisotopic (exact) mass is 470 g/mol. The van der Waals surface area contributed by atoms with Crippen LogP contribution in [0, 0.1) is 11.8 Å². The van der Waals surface area contributed by atoms with Gasteiger partial charge in [0.25, 0.3) is 0 Å². The number of anilines is 1. The maximum Gasteiger partial charge on any atom is 0.228 e. The van der Waals surface area contributed by atoms with Crippen LogP contribution >= 0.6 is 11.6 Å². The summed E-state index contributed by atoms with van der Waals surface area (Å²) in [5, 5.41) is 8.07. The fraction of sp³-hybridized carbons (Fsp3) is 0.600. The number of nitrogens with zero attached hydrogens (tertiary/aromatic N) is 3. The van der Waals surface area contributed by atoms with Crippen molar-refractivity contribution in [3.8, 4) is 11.1 Å². The molecule has 1 N–H and O–H groups in total. The van der Waals surface area contributed by atoms with Crippen molar-refractivity contribution in [2.45, 2.75) is 76.9 Å². The number of carbonyl (C=O) groups is 2. The molecule has 1 saturated carbocycles. The fourth-order valence-electron chi connectivity index (χ4n) is 5.55. The van der Waals surface area contributed by atoms with E-state index in [0.717, 1.165) is 75.5 Å². The Kier molecular flexibility index (Phi) is 6.79. The van der Waals surface area contributed by atoms with Gasteiger partial charge in [0, 0.05) is 48.5 Å². The van der Waals surface area contributed by atoms with Crippen molar-refractivity contribution in [3.05, 3.63) is 29.2 Å². The van der Waals surface area contributed by atoms with Crippen LogP contribution in [0.1, 0.15) is 63.5 Å². The summed E-state index contributed by atoms with van der Waals surface area (Å²) in [5.74, 6) is 0.826. The van der Waals surface area contributed by atoms with E-state index in [2.05, 4.69) is 15.4 Å². The quantitative estimate of drug-likeness (QED) is 0.654. The molecule has 0 radical (unpaired) electrons. The number of hydrogen-bond donors (Lipinski definition) is 1. The molecule has 2 aromatic heterocycles. The third-order valence-corrected chi connectivity index (χ3v) is 7.61. The molecule has 2 aromatic rings. The largest absolute Gasteiger partial charge is 0.370 e. The zero-order chi connectivity index (χ0) is 22.8. The summed E-state index contributed by atoms with van der Waals surface area (Å²) in [5.41, 5.74) is 3.06. The van der Waals surface area contributed by atoms with Gasteiger partial charge in [-0.1, -0.05) is 18.0 Å². The molecule has 5 rings (SSSR count). The molecule has 1 aliphatic carbocycles. The second-order valence-electron chi connectivity index (χ2n) is 9.63. The minimum absolute atomic E-state index is 0.0259. The van der Waals surface area contributed by atoms with Crippen molar-refractivity contribution in [1.82, 2.24) is 14.8 Å². The molecule has 33 heavy (non-hydrogen) atoms. The first-order valence-corrected chi connectivity index (χ1v) is 12.6. The lowest BCUT2D eigenvalue weighted by molar-refractivity contribution is -0.130. The number of rotatable bonds is 6. The van der Waals surface area contributed by atoms with Crippen molar-refractivity contribution in [3.63, 3.8) is 0 Å². The summed E-state index contributed by atoms with van der Waals surface area (Å²) < 4.78 is 7.59. The topological polar surface area (TPSA) is 86.1 Å². The average Bonchev–Trinajstić information content (AvgIpc) is 3.51. The van der Waals surface area contributed by atoms with Gasteiger partial charge >= 0.3 is 0 Å². The Balaban J connectivity index is 1.24. The molecule has 3 atom stereocenters. The van der Waals surface area contributed by atoms with Gasteiger partial charge in [0.1, 0.15) is 11.9 Å². The number of aromatic nitrogens is 3. The van der Waals surface area contributed by atoms with Crippen molar-refractivity contribution in [2.75, 3.05) is 11.9 Å². The smallest absolute Gasteiger partial charge is 0.228 e. The molecule has 4 heterocycles. The highest BCUT2D eigenvalue weighted by atomic mass is 35.5. The number of ketones is 1. The standard InChI is InChI=1S/C25H31ClN4O3/c26-20-15-27-24(13-18(20)19-14-28-30-9-2-1-7-21(19)30)29-25(32)17-6-3-5-16(11-17)12-22(31)23-8-4-10-33-23/h13-17,23H,1-12H2,(H,27,29,32)/t16-,17+,23-/m1/s1. The van der Waals surface area contributed by atoms with Gasteiger partial charge < -0.3 is 10.1 Å². The van der Waals surface area contributed by atoms with Crippen molar-refractivity contribution < 1.29 is 14.3 Å². The van der Waals surface area contributed by atoms with Crippen LogP contribution in [0.4, 0.5) is 5.82 Å². The van der Waals surface area contributed by atoms with Crippen LogP contribution in [0.3, 0.4) is 0 Å². The Labute approximate surface area is 199 Å². The number of carbonyl (C=O) groups excluding carboxylic acids is 2. The van der Waals surface area contributed by atoms with E-state index in [4.69, 9.17) is 16.3 Å². The fourth-order valence-corrected chi connectivity index (χ4v) is 5.76. The molecule has 1 amide bonds. The number of pyridine rings is 1. The van der Waals surface area contributed by atoms with Gasteiger partial charge in [0.05, 0.1) is 11.2 Å². The van der Waals surface area contributed by atoms with E-state index in [-0.39, 0.29) is 29.6 Å². The molecule has 0 bridgehead atoms. The third kappa shape index (κ3) is 4.99. The van der Waals surface area contributed by atoms with E-state index in [9.17, 15) is 9.59 Å². The van der Waals surface area contributed by atoms with Crippen LogP contribution in [-0.2, 0) is 27.3 Å². The number of halogens is 1. The summed E-state index contributed by atoms with van der Waals surface area (Å²) in [6, 6.07) is 1.86. The SMILES string of the molecule is O=C(Nc1cc(-c2cnn3c2CCCC3)c(Cl)cn1)[C@H]1CCC[C@@H](CC(=O)[C@H]2CCCO2)C1. The van der Waals surface area contributed by atoms with Crippen LogP contribution in [-0.4, -0.2) is 39.2 Å². The number of Topliss-reactive ketones (excluding diaryl/α,β-unsaturated/α-hetero) is 1. The second-order valence-corrected chi connectivity index (χ2v) is 10.0. The summed E-state index contributed by atoms with van der Waals surface area (Å²) >= 11 is 6.48. The van der Waals surface area contributed by atoms with Crippen LogP contribution in [0.15, 0.2) is 18.5 Å². The van der Waals surface area contributed by atoms with E-state index < -0.39 is 0 Å². The van der Waals surface area contributed by atoms with Gasteiger partial charge in [0.15, 0.2) is 5.78 Å². The molecule has 0 aromatic carbocycles. The first kappa shape index (κ1) is 22.5. The van der Waals surface area contributed by atoms with Gasteiger partial charge in [0.2, 0.25) is 5.91 Å². The molecule has 8 heteroatoms.